The number of hydrazone groups is 1. The minimum Gasteiger partial charge on any atom is -0.503 e. The number of carbonyl (C=O) groups excluding carboxylic acids is 1. The number of ether oxygens (including phenoxy) is 1. The molecule has 0 bridgehead atoms. The molecule has 2 N–H and O–H groups in total. The van der Waals surface area contributed by atoms with Crippen LogP contribution in [0.3, 0.4) is 0 Å². The summed E-state index contributed by atoms with van der Waals surface area (Å²) in [4.78, 5) is 11.8. The van der Waals surface area contributed by atoms with E-state index in [1.165, 1.54) is 25.1 Å². The fourth-order valence-corrected chi connectivity index (χ4v) is 3.60. The molecular formula is C17H16Br2N2O3S. The smallest absolute Gasteiger partial charge is 0.250 e. The van der Waals surface area contributed by atoms with Crippen LogP contribution in [-0.4, -0.2) is 30.1 Å². The SMILES string of the molecule is COc1cc(/C=N/NC(=O)CSCc2cccc(Br)c2)cc(Br)c1O. The molecule has 0 aliphatic heterocycles. The van der Waals surface area contributed by atoms with Crippen molar-refractivity contribution in [2.45, 2.75) is 5.75 Å². The van der Waals surface area contributed by atoms with E-state index in [4.69, 9.17) is 4.74 Å². The van der Waals surface area contributed by atoms with Gasteiger partial charge in [0, 0.05) is 10.2 Å². The van der Waals surface area contributed by atoms with Crippen LogP contribution in [0.1, 0.15) is 11.1 Å². The molecule has 2 aromatic carbocycles. The van der Waals surface area contributed by atoms with Crippen LogP contribution >= 0.6 is 43.6 Å². The molecule has 2 aromatic rings. The van der Waals surface area contributed by atoms with E-state index in [2.05, 4.69) is 42.4 Å². The van der Waals surface area contributed by atoms with E-state index in [0.717, 1.165) is 15.8 Å². The maximum absolute atomic E-state index is 11.8. The number of halogens is 2. The lowest BCUT2D eigenvalue weighted by Gasteiger charge is -2.06. The number of rotatable bonds is 7. The van der Waals surface area contributed by atoms with Crippen LogP contribution in [0.5, 0.6) is 11.5 Å². The van der Waals surface area contributed by atoms with Gasteiger partial charge in [0.2, 0.25) is 5.91 Å². The summed E-state index contributed by atoms with van der Waals surface area (Å²) < 4.78 is 6.58. The first-order valence-corrected chi connectivity index (χ1v) is 9.94. The van der Waals surface area contributed by atoms with Crippen molar-refractivity contribution in [1.29, 1.82) is 0 Å². The average Bonchev–Trinajstić information content (AvgIpc) is 2.58. The predicted octanol–water partition coefficient (Wildman–Crippen LogP) is 4.31. The van der Waals surface area contributed by atoms with Crippen molar-refractivity contribution >= 4 is 55.7 Å². The number of phenols is 1. The minimum absolute atomic E-state index is 0.0210. The number of nitrogens with zero attached hydrogens (tertiary/aromatic N) is 1. The Morgan fingerprint density at radius 2 is 2.16 bits per heavy atom. The summed E-state index contributed by atoms with van der Waals surface area (Å²) in [5.74, 6) is 1.23. The third-order valence-corrected chi connectivity index (χ3v) is 5.17. The van der Waals surface area contributed by atoms with Gasteiger partial charge >= 0.3 is 0 Å². The van der Waals surface area contributed by atoms with Crippen LogP contribution in [0.15, 0.2) is 50.4 Å². The summed E-state index contributed by atoms with van der Waals surface area (Å²) in [5.41, 5.74) is 4.32. The molecule has 1 amide bonds. The van der Waals surface area contributed by atoms with Crippen molar-refractivity contribution in [2.24, 2.45) is 5.10 Å². The standard InChI is InChI=1S/C17H16Br2N2O3S/c1-24-15-7-12(6-14(19)17(15)23)8-20-21-16(22)10-25-9-11-3-2-4-13(18)5-11/h2-8,23H,9-10H2,1H3,(H,21,22)/b20-8+. The Hall–Kier alpha value is -1.51. The van der Waals surface area contributed by atoms with Crippen molar-refractivity contribution in [1.82, 2.24) is 5.43 Å². The molecule has 8 heteroatoms. The lowest BCUT2D eigenvalue weighted by atomic mass is 10.2. The highest BCUT2D eigenvalue weighted by molar-refractivity contribution is 9.10. The normalized spacial score (nSPS) is 10.8. The molecular weight excluding hydrogens is 472 g/mol. The summed E-state index contributed by atoms with van der Waals surface area (Å²) in [6.07, 6.45) is 1.49. The molecule has 0 radical (unpaired) electrons. The van der Waals surface area contributed by atoms with Crippen molar-refractivity contribution in [2.75, 3.05) is 12.9 Å². The molecule has 0 aliphatic carbocycles. The Bertz CT molecular complexity index is 784. The summed E-state index contributed by atoms with van der Waals surface area (Å²) in [7, 11) is 1.46. The van der Waals surface area contributed by atoms with Crippen LogP contribution in [0.25, 0.3) is 0 Å². The van der Waals surface area contributed by atoms with Crippen LogP contribution in [0.4, 0.5) is 0 Å². The molecule has 132 valence electrons. The zero-order valence-corrected chi connectivity index (χ0v) is 17.3. The summed E-state index contributed by atoms with van der Waals surface area (Å²) in [6, 6.07) is 11.3. The van der Waals surface area contributed by atoms with Crippen molar-refractivity contribution in [3.05, 3.63) is 56.5 Å². The second kappa shape index (κ2) is 9.84. The van der Waals surface area contributed by atoms with Crippen LogP contribution < -0.4 is 10.2 Å². The van der Waals surface area contributed by atoms with Gasteiger partial charge in [0.05, 0.1) is 23.5 Å². The Labute approximate surface area is 167 Å². The third kappa shape index (κ3) is 6.37. The third-order valence-electron chi connectivity index (χ3n) is 3.06. The highest BCUT2D eigenvalue weighted by Crippen LogP contribution is 2.34. The van der Waals surface area contributed by atoms with E-state index in [9.17, 15) is 9.90 Å². The van der Waals surface area contributed by atoms with Gasteiger partial charge < -0.3 is 9.84 Å². The number of thioether (sulfide) groups is 1. The zero-order chi connectivity index (χ0) is 18.2. The van der Waals surface area contributed by atoms with E-state index in [1.807, 2.05) is 24.3 Å². The van der Waals surface area contributed by atoms with Gasteiger partial charge in [-0.3, -0.25) is 4.79 Å². The Balaban J connectivity index is 1.81. The number of benzene rings is 2. The van der Waals surface area contributed by atoms with Crippen LogP contribution in [0, 0.1) is 0 Å². The number of nitrogens with one attached hydrogen (secondary N) is 1. The van der Waals surface area contributed by atoms with Gasteiger partial charge in [0.15, 0.2) is 11.5 Å². The number of aromatic hydroxyl groups is 1. The first kappa shape index (κ1) is 19.8. The monoisotopic (exact) mass is 486 g/mol. The zero-order valence-electron chi connectivity index (χ0n) is 13.3. The molecule has 2 rings (SSSR count). The molecule has 0 aromatic heterocycles. The van der Waals surface area contributed by atoms with E-state index >= 15 is 0 Å². The van der Waals surface area contributed by atoms with Gasteiger partial charge in [0.25, 0.3) is 0 Å². The largest absolute Gasteiger partial charge is 0.503 e. The van der Waals surface area contributed by atoms with Crippen LogP contribution in [0.2, 0.25) is 0 Å². The minimum atomic E-state index is -0.180. The molecule has 0 unspecified atom stereocenters. The topological polar surface area (TPSA) is 70.9 Å². The van der Waals surface area contributed by atoms with E-state index < -0.39 is 0 Å². The van der Waals surface area contributed by atoms with E-state index in [1.54, 1.807) is 12.1 Å². The van der Waals surface area contributed by atoms with Gasteiger partial charge in [-0.15, -0.1) is 11.8 Å². The molecule has 0 saturated carbocycles. The number of methoxy groups -OCH3 is 1. The van der Waals surface area contributed by atoms with E-state index in [0.29, 0.717) is 21.5 Å². The van der Waals surface area contributed by atoms with Gasteiger partial charge in [-0.1, -0.05) is 28.1 Å². The maximum Gasteiger partial charge on any atom is 0.250 e. The Morgan fingerprint density at radius 3 is 2.88 bits per heavy atom. The van der Waals surface area contributed by atoms with Crippen molar-refractivity contribution in [3.8, 4) is 11.5 Å². The highest BCUT2D eigenvalue weighted by Gasteiger charge is 2.07. The van der Waals surface area contributed by atoms with Crippen molar-refractivity contribution in [3.63, 3.8) is 0 Å². The first-order valence-electron chi connectivity index (χ1n) is 7.20. The van der Waals surface area contributed by atoms with Crippen LogP contribution in [-0.2, 0) is 10.5 Å². The number of phenolic OH excluding ortho intramolecular Hbond substituents is 1. The molecule has 0 fully saturated rings. The molecule has 0 aliphatic rings. The molecule has 0 saturated heterocycles. The van der Waals surface area contributed by atoms with E-state index in [-0.39, 0.29) is 11.7 Å². The Morgan fingerprint density at radius 1 is 1.36 bits per heavy atom. The second-order valence-corrected chi connectivity index (χ2v) is 7.73. The van der Waals surface area contributed by atoms with Gasteiger partial charge in [-0.25, -0.2) is 5.43 Å². The lowest BCUT2D eigenvalue weighted by molar-refractivity contribution is -0.118. The molecule has 5 nitrogen and oxygen atoms in total. The maximum atomic E-state index is 11.8. The number of amides is 1. The predicted molar refractivity (Wildman–Crippen MR) is 108 cm³/mol. The quantitative estimate of drug-likeness (QED) is 0.451. The van der Waals surface area contributed by atoms with Gasteiger partial charge in [0.1, 0.15) is 0 Å². The van der Waals surface area contributed by atoms with Gasteiger partial charge in [-0.2, -0.15) is 5.10 Å². The molecule has 0 atom stereocenters. The highest BCUT2D eigenvalue weighted by atomic mass is 79.9. The molecule has 0 heterocycles. The lowest BCUT2D eigenvalue weighted by Crippen LogP contribution is -2.19. The van der Waals surface area contributed by atoms with Gasteiger partial charge in [-0.05, 0) is 51.3 Å². The first-order chi connectivity index (χ1) is 12.0. The second-order valence-electron chi connectivity index (χ2n) is 4.97. The number of hydrogen-bond acceptors (Lipinski definition) is 5. The fourth-order valence-electron chi connectivity index (χ4n) is 1.92. The summed E-state index contributed by atoms with van der Waals surface area (Å²) in [5, 5.41) is 13.7. The van der Waals surface area contributed by atoms with Crippen molar-refractivity contribution < 1.29 is 14.6 Å². The molecule has 0 spiro atoms. The number of hydrogen-bond donors (Lipinski definition) is 2. The molecule has 25 heavy (non-hydrogen) atoms. The Kier molecular flexibility index (Phi) is 7.80. The summed E-state index contributed by atoms with van der Waals surface area (Å²) >= 11 is 8.17. The summed E-state index contributed by atoms with van der Waals surface area (Å²) in [6.45, 7) is 0. The fraction of sp³-hybridized carbons (Fsp3) is 0.176. The number of carbonyl (C=O) groups is 1. The average molecular weight is 488 g/mol.